The van der Waals surface area contributed by atoms with Gasteiger partial charge in [0, 0.05) is 25.0 Å². The van der Waals surface area contributed by atoms with Gasteiger partial charge in [0.25, 0.3) is 5.91 Å². The Bertz CT molecular complexity index is 648. The van der Waals surface area contributed by atoms with Crippen LogP contribution in [0.4, 0.5) is 0 Å². The van der Waals surface area contributed by atoms with E-state index in [0.29, 0.717) is 18.2 Å². The van der Waals surface area contributed by atoms with Crippen molar-refractivity contribution in [1.82, 2.24) is 9.88 Å². The molecule has 0 aliphatic heterocycles. The first-order valence-electron chi connectivity index (χ1n) is 7.43. The first kappa shape index (κ1) is 13.8. The summed E-state index contributed by atoms with van der Waals surface area (Å²) in [5.74, 6) is 0.0894. The third kappa shape index (κ3) is 2.97. The highest BCUT2D eigenvalue weighted by Gasteiger charge is 2.33. The van der Waals surface area contributed by atoms with Crippen molar-refractivity contribution in [2.75, 3.05) is 0 Å². The molecule has 21 heavy (non-hydrogen) atoms. The number of pyridine rings is 1. The smallest absolute Gasteiger partial charge is 0.255 e. The van der Waals surface area contributed by atoms with Crippen molar-refractivity contribution in [3.05, 3.63) is 65.0 Å². The quantitative estimate of drug-likeness (QED) is 0.858. The number of rotatable bonds is 4. The van der Waals surface area contributed by atoms with Gasteiger partial charge in [-0.05, 0) is 55.5 Å². The molecule has 0 spiro atoms. The van der Waals surface area contributed by atoms with Crippen molar-refractivity contribution in [2.45, 2.75) is 39.3 Å². The zero-order chi connectivity index (χ0) is 14.8. The van der Waals surface area contributed by atoms with E-state index in [4.69, 9.17) is 0 Å². The van der Waals surface area contributed by atoms with Crippen molar-refractivity contribution < 1.29 is 4.79 Å². The Hall–Kier alpha value is -2.16. The minimum Gasteiger partial charge on any atom is -0.331 e. The Morgan fingerprint density at radius 3 is 2.71 bits per heavy atom. The van der Waals surface area contributed by atoms with E-state index in [9.17, 15) is 4.79 Å². The SMILES string of the molecule is Cc1cccc(CN(C(=O)c2cccnc2)C2CC2)c1C. The normalized spacial score (nSPS) is 14.0. The zero-order valence-electron chi connectivity index (χ0n) is 12.5. The number of benzene rings is 1. The van der Waals surface area contributed by atoms with E-state index in [0.717, 1.165) is 12.8 Å². The molecule has 2 aromatic rings. The molecule has 1 aromatic carbocycles. The van der Waals surface area contributed by atoms with Crippen LogP contribution in [0.5, 0.6) is 0 Å². The maximum Gasteiger partial charge on any atom is 0.255 e. The van der Waals surface area contributed by atoms with Gasteiger partial charge in [-0.25, -0.2) is 0 Å². The molecule has 1 fully saturated rings. The van der Waals surface area contributed by atoms with Crippen LogP contribution in [0.2, 0.25) is 0 Å². The maximum absolute atomic E-state index is 12.7. The van der Waals surface area contributed by atoms with E-state index < -0.39 is 0 Å². The summed E-state index contributed by atoms with van der Waals surface area (Å²) >= 11 is 0. The van der Waals surface area contributed by atoms with Crippen LogP contribution in [-0.4, -0.2) is 21.8 Å². The summed E-state index contributed by atoms with van der Waals surface area (Å²) in [6.45, 7) is 4.93. The van der Waals surface area contributed by atoms with E-state index in [1.165, 1.54) is 16.7 Å². The summed E-state index contributed by atoms with van der Waals surface area (Å²) in [6.07, 6.45) is 5.57. The molecule has 0 atom stereocenters. The standard InChI is InChI=1S/C18H20N2O/c1-13-5-3-6-16(14(13)2)12-20(17-8-9-17)18(21)15-7-4-10-19-11-15/h3-7,10-11,17H,8-9,12H2,1-2H3. The first-order valence-corrected chi connectivity index (χ1v) is 7.43. The molecule has 0 saturated heterocycles. The number of carbonyl (C=O) groups excluding carboxylic acids is 1. The number of hydrogen-bond donors (Lipinski definition) is 0. The van der Waals surface area contributed by atoms with Gasteiger partial charge in [-0.2, -0.15) is 0 Å². The molecule has 1 aliphatic rings. The summed E-state index contributed by atoms with van der Waals surface area (Å²) in [7, 11) is 0. The molecule has 0 bridgehead atoms. The van der Waals surface area contributed by atoms with Crippen molar-refractivity contribution in [3.8, 4) is 0 Å². The number of hydrogen-bond acceptors (Lipinski definition) is 2. The molecule has 0 unspecified atom stereocenters. The van der Waals surface area contributed by atoms with Crippen LogP contribution < -0.4 is 0 Å². The fourth-order valence-corrected chi connectivity index (χ4v) is 2.57. The summed E-state index contributed by atoms with van der Waals surface area (Å²) in [5.41, 5.74) is 4.47. The number of amides is 1. The molecule has 1 heterocycles. The van der Waals surface area contributed by atoms with Gasteiger partial charge in [0.05, 0.1) is 5.56 Å². The van der Waals surface area contributed by atoms with Crippen molar-refractivity contribution in [2.24, 2.45) is 0 Å². The predicted molar refractivity (Wildman–Crippen MR) is 83.0 cm³/mol. The number of nitrogens with zero attached hydrogens (tertiary/aromatic N) is 2. The Labute approximate surface area is 125 Å². The van der Waals surface area contributed by atoms with Crippen LogP contribution in [-0.2, 0) is 6.54 Å². The summed E-state index contributed by atoms with van der Waals surface area (Å²) in [5, 5.41) is 0. The van der Waals surface area contributed by atoms with Gasteiger partial charge < -0.3 is 4.90 Å². The fraction of sp³-hybridized carbons (Fsp3) is 0.333. The minimum absolute atomic E-state index is 0.0894. The number of aromatic nitrogens is 1. The van der Waals surface area contributed by atoms with Gasteiger partial charge >= 0.3 is 0 Å². The van der Waals surface area contributed by atoms with Gasteiger partial charge in [-0.3, -0.25) is 9.78 Å². The zero-order valence-corrected chi connectivity index (χ0v) is 12.5. The second-order valence-corrected chi connectivity index (χ2v) is 5.76. The lowest BCUT2D eigenvalue weighted by Crippen LogP contribution is -2.33. The van der Waals surface area contributed by atoms with Crippen LogP contribution in [0.1, 0.15) is 39.9 Å². The van der Waals surface area contributed by atoms with Crippen LogP contribution in [0.3, 0.4) is 0 Å². The Morgan fingerprint density at radius 2 is 2.05 bits per heavy atom. The van der Waals surface area contributed by atoms with Crippen LogP contribution >= 0.6 is 0 Å². The Morgan fingerprint density at radius 1 is 1.24 bits per heavy atom. The second kappa shape index (κ2) is 5.68. The van der Waals surface area contributed by atoms with E-state index >= 15 is 0 Å². The van der Waals surface area contributed by atoms with E-state index in [2.05, 4.69) is 37.0 Å². The number of carbonyl (C=O) groups is 1. The van der Waals surface area contributed by atoms with Crippen LogP contribution in [0.15, 0.2) is 42.7 Å². The third-order valence-electron chi connectivity index (χ3n) is 4.21. The molecule has 0 radical (unpaired) electrons. The lowest BCUT2D eigenvalue weighted by molar-refractivity contribution is 0.0729. The lowest BCUT2D eigenvalue weighted by Gasteiger charge is -2.24. The highest BCUT2D eigenvalue weighted by Crippen LogP contribution is 2.30. The summed E-state index contributed by atoms with van der Waals surface area (Å²) < 4.78 is 0. The Kier molecular flexibility index (Phi) is 3.74. The van der Waals surface area contributed by atoms with E-state index in [-0.39, 0.29) is 5.91 Å². The van der Waals surface area contributed by atoms with Crippen LogP contribution in [0.25, 0.3) is 0 Å². The first-order chi connectivity index (χ1) is 10.2. The fourth-order valence-electron chi connectivity index (χ4n) is 2.57. The molecular formula is C18H20N2O. The molecule has 1 amide bonds. The largest absolute Gasteiger partial charge is 0.331 e. The van der Waals surface area contributed by atoms with Gasteiger partial charge in [-0.1, -0.05) is 18.2 Å². The van der Waals surface area contributed by atoms with Gasteiger partial charge in [-0.15, -0.1) is 0 Å². The van der Waals surface area contributed by atoms with Gasteiger partial charge in [0.15, 0.2) is 0 Å². The molecule has 1 aromatic heterocycles. The van der Waals surface area contributed by atoms with Gasteiger partial charge in [0.1, 0.15) is 0 Å². The van der Waals surface area contributed by atoms with Crippen molar-refractivity contribution >= 4 is 5.91 Å². The number of aryl methyl sites for hydroxylation is 1. The Balaban J connectivity index is 1.86. The average Bonchev–Trinajstić information content (AvgIpc) is 3.34. The predicted octanol–water partition coefficient (Wildman–Crippen LogP) is 3.50. The third-order valence-corrected chi connectivity index (χ3v) is 4.21. The molecule has 108 valence electrons. The molecular weight excluding hydrogens is 260 g/mol. The molecule has 3 rings (SSSR count). The highest BCUT2D eigenvalue weighted by molar-refractivity contribution is 5.94. The molecule has 1 aliphatic carbocycles. The van der Waals surface area contributed by atoms with Crippen LogP contribution in [0, 0.1) is 13.8 Å². The van der Waals surface area contributed by atoms with E-state index in [1.807, 2.05) is 17.0 Å². The van der Waals surface area contributed by atoms with Gasteiger partial charge in [0.2, 0.25) is 0 Å². The van der Waals surface area contributed by atoms with Crippen molar-refractivity contribution in [3.63, 3.8) is 0 Å². The maximum atomic E-state index is 12.7. The lowest BCUT2D eigenvalue weighted by atomic mass is 10.0. The second-order valence-electron chi connectivity index (χ2n) is 5.76. The summed E-state index contributed by atoms with van der Waals surface area (Å²) in [4.78, 5) is 18.8. The molecule has 1 saturated carbocycles. The monoisotopic (exact) mass is 280 g/mol. The molecule has 3 heteroatoms. The topological polar surface area (TPSA) is 33.2 Å². The van der Waals surface area contributed by atoms with Crippen molar-refractivity contribution in [1.29, 1.82) is 0 Å². The minimum atomic E-state index is 0.0894. The van der Waals surface area contributed by atoms with E-state index in [1.54, 1.807) is 12.4 Å². The summed E-state index contributed by atoms with van der Waals surface area (Å²) in [6, 6.07) is 10.3. The highest BCUT2D eigenvalue weighted by atomic mass is 16.2. The molecule has 0 N–H and O–H groups in total. The molecule has 3 nitrogen and oxygen atoms in total. The average molecular weight is 280 g/mol.